The number of nitrogens with one attached hydrogen (secondary N) is 2. The molecule has 24 heavy (non-hydrogen) atoms. The van der Waals surface area contributed by atoms with Crippen molar-refractivity contribution in [2.75, 3.05) is 31.6 Å². The molecule has 0 spiro atoms. The maximum Gasteiger partial charge on any atom is 0.191 e. The van der Waals surface area contributed by atoms with E-state index < -0.39 is 9.84 Å². The average Bonchev–Trinajstić information content (AvgIpc) is 2.98. The summed E-state index contributed by atoms with van der Waals surface area (Å²) in [6, 6.07) is 6.71. The largest absolute Gasteiger partial charge is 0.355 e. The second kappa shape index (κ2) is 8.58. The summed E-state index contributed by atoms with van der Waals surface area (Å²) in [7, 11) is -1.60. The lowest BCUT2D eigenvalue weighted by Gasteiger charge is -2.24. The molecule has 0 radical (unpaired) electrons. The number of benzene rings is 1. The molecule has 0 aromatic heterocycles. The summed E-state index contributed by atoms with van der Waals surface area (Å²) < 4.78 is 25.7. The molecular weight excluding hydrogens is 410 g/mol. The summed E-state index contributed by atoms with van der Waals surface area (Å²) in [6.45, 7) is 3.40. The Kier molecular flexibility index (Phi) is 7.00. The highest BCUT2D eigenvalue weighted by molar-refractivity contribution is 9.10. The summed E-state index contributed by atoms with van der Waals surface area (Å²) >= 11 is 5.29. The Hall–Kier alpha value is -0.730. The fourth-order valence-electron chi connectivity index (χ4n) is 2.53. The Morgan fingerprint density at radius 1 is 1.33 bits per heavy atom. The van der Waals surface area contributed by atoms with E-state index in [1.807, 2.05) is 11.8 Å². The second-order valence-corrected chi connectivity index (χ2v) is 10.7. The fourth-order valence-corrected chi connectivity index (χ4v) is 5.20. The van der Waals surface area contributed by atoms with Crippen LogP contribution in [0.4, 0.5) is 0 Å². The van der Waals surface area contributed by atoms with E-state index >= 15 is 0 Å². The first-order chi connectivity index (χ1) is 11.3. The van der Waals surface area contributed by atoms with Gasteiger partial charge in [-0.1, -0.05) is 15.9 Å². The molecule has 1 aliphatic heterocycles. The number of halogens is 1. The van der Waals surface area contributed by atoms with Gasteiger partial charge in [0.15, 0.2) is 15.8 Å². The third-order valence-corrected chi connectivity index (χ3v) is 7.79. The summed E-state index contributed by atoms with van der Waals surface area (Å²) in [5, 5.41) is 6.39. The third-order valence-electron chi connectivity index (χ3n) is 3.99. The molecule has 5 nitrogen and oxygen atoms in total. The van der Waals surface area contributed by atoms with Crippen LogP contribution in [0.2, 0.25) is 0 Å². The van der Waals surface area contributed by atoms with Crippen LogP contribution < -0.4 is 10.6 Å². The Morgan fingerprint density at radius 3 is 2.62 bits per heavy atom. The number of sulfone groups is 1. The van der Waals surface area contributed by atoms with Crippen molar-refractivity contribution in [2.24, 2.45) is 4.99 Å². The first kappa shape index (κ1) is 19.6. The Bertz CT molecular complexity index is 669. The van der Waals surface area contributed by atoms with Crippen LogP contribution in [0, 0.1) is 0 Å². The molecule has 1 unspecified atom stereocenters. The number of aliphatic imine (C=N–C) groups is 1. The van der Waals surface area contributed by atoms with Gasteiger partial charge in [0.1, 0.15) is 0 Å². The van der Waals surface area contributed by atoms with Crippen LogP contribution in [0.15, 0.2) is 38.6 Å². The van der Waals surface area contributed by atoms with E-state index in [0.717, 1.165) is 11.0 Å². The maximum atomic E-state index is 12.3. The van der Waals surface area contributed by atoms with Crippen LogP contribution in [-0.2, 0) is 9.84 Å². The van der Waals surface area contributed by atoms with E-state index in [1.54, 1.807) is 31.3 Å². The lowest BCUT2D eigenvalue weighted by Crippen LogP contribution is -2.44. The molecule has 0 saturated carbocycles. The average molecular weight is 434 g/mol. The van der Waals surface area contributed by atoms with E-state index in [1.165, 1.54) is 18.6 Å². The first-order valence-electron chi connectivity index (χ1n) is 7.91. The summed E-state index contributed by atoms with van der Waals surface area (Å²) in [6.07, 6.45) is 2.44. The van der Waals surface area contributed by atoms with Crippen LogP contribution in [0.25, 0.3) is 0 Å². The SMILES string of the molecule is CN=C(NCCS(=O)(=O)c1ccc(Br)cc1)NCC1(C)CCCS1. The Morgan fingerprint density at radius 2 is 2.04 bits per heavy atom. The van der Waals surface area contributed by atoms with Gasteiger partial charge in [0.25, 0.3) is 0 Å². The third kappa shape index (κ3) is 5.67. The molecule has 134 valence electrons. The van der Waals surface area contributed by atoms with E-state index in [0.29, 0.717) is 17.4 Å². The molecule has 1 aromatic rings. The predicted octanol–water partition coefficient (Wildman–Crippen LogP) is 2.67. The van der Waals surface area contributed by atoms with E-state index in [2.05, 4.69) is 38.5 Å². The molecule has 0 bridgehead atoms. The van der Waals surface area contributed by atoms with Crippen molar-refractivity contribution in [2.45, 2.75) is 29.4 Å². The van der Waals surface area contributed by atoms with Gasteiger partial charge in [0.05, 0.1) is 10.6 Å². The highest BCUT2D eigenvalue weighted by atomic mass is 79.9. The van der Waals surface area contributed by atoms with Gasteiger partial charge in [-0.05, 0) is 49.8 Å². The molecule has 1 heterocycles. The number of nitrogens with zero attached hydrogens (tertiary/aromatic N) is 1. The molecule has 8 heteroatoms. The molecule has 1 aromatic carbocycles. The fraction of sp³-hybridized carbons (Fsp3) is 0.562. The first-order valence-corrected chi connectivity index (χ1v) is 11.3. The molecule has 1 fully saturated rings. The zero-order chi connectivity index (χ0) is 17.6. The standard InChI is InChI=1S/C16H24BrN3O2S2/c1-16(8-3-10-23-16)12-20-15(18-2)19-9-11-24(21,22)14-6-4-13(17)5-7-14/h4-7H,3,8-12H2,1-2H3,(H2,18,19,20). The van der Waals surface area contributed by atoms with Gasteiger partial charge in [-0.25, -0.2) is 8.42 Å². The second-order valence-electron chi connectivity index (χ2n) is 6.03. The zero-order valence-electron chi connectivity index (χ0n) is 14.0. The minimum Gasteiger partial charge on any atom is -0.355 e. The minimum atomic E-state index is -3.29. The topological polar surface area (TPSA) is 70.6 Å². The number of thioether (sulfide) groups is 1. The lowest BCUT2D eigenvalue weighted by molar-refractivity contribution is 0.583. The Balaban J connectivity index is 1.81. The number of guanidine groups is 1. The molecule has 2 rings (SSSR count). The Labute approximate surface area is 157 Å². The van der Waals surface area contributed by atoms with E-state index in [9.17, 15) is 8.42 Å². The molecule has 1 saturated heterocycles. The van der Waals surface area contributed by atoms with Crippen molar-refractivity contribution in [1.82, 2.24) is 10.6 Å². The molecule has 1 atom stereocenters. The van der Waals surface area contributed by atoms with Crippen LogP contribution in [0.3, 0.4) is 0 Å². The van der Waals surface area contributed by atoms with Gasteiger partial charge < -0.3 is 10.6 Å². The van der Waals surface area contributed by atoms with Gasteiger partial charge in [0.2, 0.25) is 0 Å². The van der Waals surface area contributed by atoms with Gasteiger partial charge >= 0.3 is 0 Å². The highest BCUT2D eigenvalue weighted by Gasteiger charge is 2.29. The van der Waals surface area contributed by atoms with E-state index in [-0.39, 0.29) is 10.5 Å². The van der Waals surface area contributed by atoms with Gasteiger partial charge in [-0.3, -0.25) is 4.99 Å². The van der Waals surface area contributed by atoms with Gasteiger partial charge in [-0.2, -0.15) is 11.8 Å². The monoisotopic (exact) mass is 433 g/mol. The van der Waals surface area contributed by atoms with Crippen molar-refractivity contribution in [3.63, 3.8) is 0 Å². The van der Waals surface area contributed by atoms with Crippen LogP contribution in [-0.4, -0.2) is 50.8 Å². The summed E-state index contributed by atoms with van der Waals surface area (Å²) in [4.78, 5) is 4.51. The molecule has 1 aliphatic rings. The predicted molar refractivity (Wildman–Crippen MR) is 106 cm³/mol. The lowest BCUT2D eigenvalue weighted by atomic mass is 10.1. The maximum absolute atomic E-state index is 12.3. The zero-order valence-corrected chi connectivity index (χ0v) is 17.2. The van der Waals surface area contributed by atoms with Crippen LogP contribution >= 0.6 is 27.7 Å². The molecular formula is C16H24BrN3O2S2. The van der Waals surface area contributed by atoms with Crippen LogP contribution in [0.1, 0.15) is 19.8 Å². The minimum absolute atomic E-state index is 0.0291. The normalized spacial score (nSPS) is 21.7. The number of hydrogen-bond acceptors (Lipinski definition) is 4. The number of rotatable bonds is 6. The van der Waals surface area contributed by atoms with Crippen molar-refractivity contribution in [3.8, 4) is 0 Å². The van der Waals surface area contributed by atoms with Gasteiger partial charge in [-0.15, -0.1) is 0 Å². The molecule has 0 aliphatic carbocycles. The van der Waals surface area contributed by atoms with Crippen LogP contribution in [0.5, 0.6) is 0 Å². The smallest absolute Gasteiger partial charge is 0.191 e. The highest BCUT2D eigenvalue weighted by Crippen LogP contribution is 2.36. The van der Waals surface area contributed by atoms with Gasteiger partial charge in [0, 0.05) is 29.4 Å². The summed E-state index contributed by atoms with van der Waals surface area (Å²) in [5.74, 6) is 1.88. The molecule has 0 amide bonds. The van der Waals surface area contributed by atoms with E-state index in [4.69, 9.17) is 0 Å². The quantitative estimate of drug-likeness (QED) is 0.532. The molecule has 2 N–H and O–H groups in total. The van der Waals surface area contributed by atoms with Crippen molar-refractivity contribution >= 4 is 43.5 Å². The van der Waals surface area contributed by atoms with Crippen molar-refractivity contribution in [1.29, 1.82) is 0 Å². The van der Waals surface area contributed by atoms with Crippen molar-refractivity contribution < 1.29 is 8.42 Å². The summed E-state index contributed by atoms with van der Waals surface area (Å²) in [5.41, 5.74) is 0. The van der Waals surface area contributed by atoms with Crippen molar-refractivity contribution in [3.05, 3.63) is 28.7 Å². The number of hydrogen-bond donors (Lipinski definition) is 2.